The number of fused-ring (bicyclic) bond motifs is 8. The van der Waals surface area contributed by atoms with Crippen molar-refractivity contribution in [3.63, 3.8) is 0 Å². The second-order valence-corrected chi connectivity index (χ2v) is 18.7. The van der Waals surface area contributed by atoms with Crippen LogP contribution >= 0.6 is 7.14 Å². The van der Waals surface area contributed by atoms with E-state index in [2.05, 4.69) is 216 Å². The molecule has 0 aliphatic carbocycles. The molecule has 0 N–H and O–H groups in total. The van der Waals surface area contributed by atoms with Gasteiger partial charge in [-0.15, -0.1) is 0 Å². The highest BCUT2D eigenvalue weighted by Gasteiger charge is 2.41. The fourth-order valence-corrected chi connectivity index (χ4v) is 12.7. The largest absolute Gasteiger partial charge is 0.311 e. The summed E-state index contributed by atoms with van der Waals surface area (Å²) in [7, 11) is -3.18. The molecule has 11 aromatic rings. The monoisotopic (exact) mass is 810 g/mol. The van der Waals surface area contributed by atoms with E-state index >= 15 is 4.57 Å². The Morgan fingerprint density at radius 3 is 1.48 bits per heavy atom. The number of rotatable bonds is 7. The van der Waals surface area contributed by atoms with Crippen LogP contribution < -0.4 is 20.8 Å². The molecule has 0 radical (unpaired) electrons. The zero-order chi connectivity index (χ0) is 41.2. The van der Waals surface area contributed by atoms with E-state index in [9.17, 15) is 0 Å². The molecule has 1 atom stereocenters. The summed E-state index contributed by atoms with van der Waals surface area (Å²) in [4.78, 5) is 2.33. The zero-order valence-electron chi connectivity index (χ0n) is 33.8. The van der Waals surface area contributed by atoms with Gasteiger partial charge in [0.05, 0.1) is 11.0 Å². The first kappa shape index (κ1) is 36.2. The Morgan fingerprint density at radius 1 is 0.371 bits per heavy atom. The van der Waals surface area contributed by atoms with Gasteiger partial charge in [-0.2, -0.15) is 0 Å². The number of benzene rings is 10. The van der Waals surface area contributed by atoms with Crippen LogP contribution in [0.2, 0.25) is 0 Å². The maximum atomic E-state index is 15.9. The summed E-state index contributed by atoms with van der Waals surface area (Å²) in [6.07, 6.45) is 0. The number of para-hydroxylation sites is 1. The van der Waals surface area contributed by atoms with Gasteiger partial charge in [-0.05, 0) is 111 Å². The molecule has 1 aliphatic rings. The Morgan fingerprint density at radius 2 is 0.871 bits per heavy atom. The predicted molar refractivity (Wildman–Crippen MR) is 262 cm³/mol. The van der Waals surface area contributed by atoms with Crippen molar-refractivity contribution in [2.45, 2.75) is 0 Å². The predicted octanol–water partition coefficient (Wildman–Crippen LogP) is 14.4. The van der Waals surface area contributed by atoms with Crippen LogP contribution in [0.15, 0.2) is 237 Å². The Bertz CT molecular complexity index is 3420. The van der Waals surface area contributed by atoms with Crippen LogP contribution in [0.5, 0.6) is 0 Å². The van der Waals surface area contributed by atoms with Crippen LogP contribution in [0, 0.1) is 0 Å². The van der Waals surface area contributed by atoms with Crippen LogP contribution in [0.1, 0.15) is 0 Å². The molecule has 0 spiro atoms. The summed E-state index contributed by atoms with van der Waals surface area (Å²) in [5, 5.41) is 7.18. The highest BCUT2D eigenvalue weighted by Crippen LogP contribution is 2.55. The van der Waals surface area contributed by atoms with E-state index in [-0.39, 0.29) is 0 Å². The maximum Gasteiger partial charge on any atom is 0.172 e. The van der Waals surface area contributed by atoms with Crippen LogP contribution in [0.25, 0.3) is 71.6 Å². The maximum absolute atomic E-state index is 15.9. The molecule has 0 bridgehead atoms. The summed E-state index contributed by atoms with van der Waals surface area (Å²) < 4.78 is 18.2. The molecule has 3 nitrogen and oxygen atoms in total. The van der Waals surface area contributed by atoms with E-state index < -0.39 is 7.14 Å². The number of aromatic nitrogens is 1. The van der Waals surface area contributed by atoms with Gasteiger partial charge in [-0.25, -0.2) is 0 Å². The Kier molecular flexibility index (Phi) is 8.45. The second-order valence-electron chi connectivity index (χ2n) is 16.0. The van der Waals surface area contributed by atoms with Crippen molar-refractivity contribution >= 4 is 72.7 Å². The SMILES string of the molecule is O=P1(c2ccccc2)c2cc3c4ccccc4n(-c4ccc(N(c5ccc(-c6ccccc6)cc5)c5ccc(-c6ccccc6)cc5)cc4)c3cc2-c2c1ccc1ccccc21. The van der Waals surface area contributed by atoms with Gasteiger partial charge in [0, 0.05) is 55.0 Å². The molecule has 0 saturated heterocycles. The van der Waals surface area contributed by atoms with Crippen LogP contribution in [0.3, 0.4) is 0 Å². The van der Waals surface area contributed by atoms with Crippen molar-refractivity contribution in [3.05, 3.63) is 237 Å². The molecule has 0 saturated carbocycles. The third-order valence-electron chi connectivity index (χ3n) is 12.6. The van der Waals surface area contributed by atoms with Gasteiger partial charge in [-0.1, -0.05) is 164 Å². The van der Waals surface area contributed by atoms with Crippen molar-refractivity contribution in [2.24, 2.45) is 0 Å². The van der Waals surface area contributed by atoms with Gasteiger partial charge < -0.3 is 14.0 Å². The lowest BCUT2D eigenvalue weighted by atomic mass is 9.97. The molecule has 292 valence electrons. The average molecular weight is 811 g/mol. The van der Waals surface area contributed by atoms with Gasteiger partial charge in [0.2, 0.25) is 0 Å². The lowest BCUT2D eigenvalue weighted by molar-refractivity contribution is 0.593. The summed E-state index contributed by atoms with van der Waals surface area (Å²) >= 11 is 0. The van der Waals surface area contributed by atoms with E-state index in [4.69, 9.17) is 0 Å². The van der Waals surface area contributed by atoms with Gasteiger partial charge in [-0.3, -0.25) is 0 Å². The van der Waals surface area contributed by atoms with Gasteiger partial charge in [0.15, 0.2) is 7.14 Å². The minimum absolute atomic E-state index is 0.864. The van der Waals surface area contributed by atoms with Crippen molar-refractivity contribution in [3.8, 4) is 39.1 Å². The summed E-state index contributed by atoms with van der Waals surface area (Å²) in [6, 6.07) is 83.6. The molecule has 1 aromatic heterocycles. The van der Waals surface area contributed by atoms with E-state index in [0.717, 1.165) is 82.4 Å². The minimum Gasteiger partial charge on any atom is -0.311 e. The van der Waals surface area contributed by atoms with Gasteiger partial charge in [0.1, 0.15) is 0 Å². The molecular formula is C58H39N2OP. The fourth-order valence-electron chi connectivity index (χ4n) is 9.66. The first-order valence-corrected chi connectivity index (χ1v) is 22.8. The molecule has 10 aromatic carbocycles. The van der Waals surface area contributed by atoms with Crippen LogP contribution in [-0.2, 0) is 4.57 Å². The first-order chi connectivity index (χ1) is 30.6. The van der Waals surface area contributed by atoms with E-state index in [0.29, 0.717) is 0 Å². The number of anilines is 3. The Labute approximate surface area is 360 Å². The molecule has 0 fully saturated rings. The molecule has 62 heavy (non-hydrogen) atoms. The highest BCUT2D eigenvalue weighted by atomic mass is 31.2. The van der Waals surface area contributed by atoms with E-state index in [1.54, 1.807) is 0 Å². The number of nitrogens with zero attached hydrogens (tertiary/aromatic N) is 2. The van der Waals surface area contributed by atoms with Gasteiger partial charge >= 0.3 is 0 Å². The molecule has 1 unspecified atom stereocenters. The third-order valence-corrected chi connectivity index (χ3v) is 15.7. The molecule has 12 rings (SSSR count). The lowest BCUT2D eigenvalue weighted by Crippen LogP contribution is -2.20. The number of hydrogen-bond acceptors (Lipinski definition) is 2. The number of hydrogen-bond donors (Lipinski definition) is 0. The van der Waals surface area contributed by atoms with Crippen molar-refractivity contribution in [2.75, 3.05) is 4.90 Å². The molecule has 0 amide bonds. The summed E-state index contributed by atoms with van der Waals surface area (Å²) in [6.45, 7) is 0. The highest BCUT2D eigenvalue weighted by molar-refractivity contribution is 7.86. The first-order valence-electron chi connectivity index (χ1n) is 21.1. The van der Waals surface area contributed by atoms with Gasteiger partial charge in [0.25, 0.3) is 0 Å². The molecule has 4 heteroatoms. The van der Waals surface area contributed by atoms with Crippen LogP contribution in [-0.4, -0.2) is 4.57 Å². The fraction of sp³-hybridized carbons (Fsp3) is 0. The zero-order valence-corrected chi connectivity index (χ0v) is 34.7. The van der Waals surface area contributed by atoms with Crippen LogP contribution in [0.4, 0.5) is 17.1 Å². The molecular weight excluding hydrogens is 772 g/mol. The third kappa shape index (κ3) is 5.70. The van der Waals surface area contributed by atoms with Crippen molar-refractivity contribution in [1.82, 2.24) is 4.57 Å². The summed E-state index contributed by atoms with van der Waals surface area (Å²) in [5.74, 6) is 0. The average Bonchev–Trinajstić information content (AvgIpc) is 3.81. The summed E-state index contributed by atoms with van der Waals surface area (Å²) in [5.41, 5.74) is 13.3. The van der Waals surface area contributed by atoms with E-state index in [1.807, 2.05) is 30.3 Å². The topological polar surface area (TPSA) is 25.2 Å². The normalized spacial score (nSPS) is 14.3. The van der Waals surface area contributed by atoms with E-state index in [1.165, 1.54) is 22.3 Å². The quantitative estimate of drug-likeness (QED) is 0.150. The Balaban J connectivity index is 1.02. The molecule has 1 aliphatic heterocycles. The van der Waals surface area contributed by atoms with Crippen molar-refractivity contribution in [1.29, 1.82) is 0 Å². The smallest absolute Gasteiger partial charge is 0.172 e. The second kappa shape index (κ2) is 14.5. The minimum atomic E-state index is -3.18. The Hall–Kier alpha value is -7.71. The molecule has 2 heterocycles. The van der Waals surface area contributed by atoms with Crippen molar-refractivity contribution < 1.29 is 4.57 Å². The standard InChI is InChI=1S/C58H39N2OP/c61-62(49-19-8-3-9-20-49)56-37-28-44-18-10-11-21-50(44)58(56)53-38-55-52(39-57(53)62)51-22-12-13-23-54(51)60(55)48-35-33-47(34-36-48)59(45-29-24-42(25-30-45)40-14-4-1-5-15-40)46-31-26-43(27-32-46)41-16-6-2-7-17-41/h1-39H. The lowest BCUT2D eigenvalue weighted by Gasteiger charge is -2.26.